The van der Waals surface area contributed by atoms with Crippen LogP contribution < -0.4 is 15.8 Å². The molecule has 0 spiro atoms. The van der Waals surface area contributed by atoms with E-state index in [0.29, 0.717) is 31.5 Å². The monoisotopic (exact) mass is 355 g/mol. The number of aromatic nitrogens is 3. The van der Waals surface area contributed by atoms with Crippen LogP contribution in [0.4, 0.5) is 5.82 Å². The highest BCUT2D eigenvalue weighted by Gasteiger charge is 2.20. The van der Waals surface area contributed by atoms with Crippen LogP contribution in [0.25, 0.3) is 0 Å². The van der Waals surface area contributed by atoms with Gasteiger partial charge in [0.25, 0.3) is 11.5 Å². The van der Waals surface area contributed by atoms with E-state index >= 15 is 0 Å². The van der Waals surface area contributed by atoms with E-state index in [1.54, 1.807) is 23.9 Å². The summed E-state index contributed by atoms with van der Waals surface area (Å²) in [5.41, 5.74) is 2.30. The van der Waals surface area contributed by atoms with Crippen molar-refractivity contribution in [2.75, 3.05) is 24.5 Å². The van der Waals surface area contributed by atoms with Crippen molar-refractivity contribution in [1.82, 2.24) is 19.9 Å². The van der Waals surface area contributed by atoms with E-state index in [-0.39, 0.29) is 11.5 Å². The molecule has 0 unspecified atom stereocenters. The Morgan fingerprint density at radius 2 is 2.04 bits per heavy atom. The van der Waals surface area contributed by atoms with Crippen molar-refractivity contribution < 1.29 is 4.79 Å². The van der Waals surface area contributed by atoms with Gasteiger partial charge in [0.1, 0.15) is 11.6 Å². The number of hydrogen-bond donors (Lipinski definition) is 1. The lowest BCUT2D eigenvalue weighted by Crippen LogP contribution is -2.28. The van der Waals surface area contributed by atoms with Crippen molar-refractivity contribution in [3.05, 3.63) is 51.3 Å². The third kappa shape index (κ3) is 3.61. The predicted molar refractivity (Wildman–Crippen MR) is 101 cm³/mol. The van der Waals surface area contributed by atoms with Crippen molar-refractivity contribution in [1.29, 1.82) is 0 Å². The van der Waals surface area contributed by atoms with Gasteiger partial charge in [-0.1, -0.05) is 6.92 Å². The van der Waals surface area contributed by atoms with Gasteiger partial charge in [0.2, 0.25) is 0 Å². The Hall–Kier alpha value is -2.70. The second kappa shape index (κ2) is 7.68. The van der Waals surface area contributed by atoms with E-state index in [1.807, 2.05) is 19.9 Å². The number of nitrogens with one attached hydrogen (secondary N) is 1. The lowest BCUT2D eigenvalue weighted by atomic mass is 10.1. The quantitative estimate of drug-likeness (QED) is 0.892. The Morgan fingerprint density at radius 3 is 2.73 bits per heavy atom. The molecule has 1 N–H and O–H groups in total. The minimum atomic E-state index is -0.0997. The molecule has 0 aromatic carbocycles. The Balaban J connectivity index is 1.75. The maximum absolute atomic E-state index is 12.5. The molecule has 3 rings (SSSR count). The fourth-order valence-corrected chi connectivity index (χ4v) is 3.15. The summed E-state index contributed by atoms with van der Waals surface area (Å²) in [6.45, 7) is 5.99. The molecule has 3 heterocycles. The van der Waals surface area contributed by atoms with Crippen LogP contribution >= 0.6 is 0 Å². The lowest BCUT2D eigenvalue weighted by Gasteiger charge is -2.21. The predicted octanol–water partition coefficient (Wildman–Crippen LogP) is 1.23. The largest absolute Gasteiger partial charge is 0.356 e. The summed E-state index contributed by atoms with van der Waals surface area (Å²) in [4.78, 5) is 35.7. The molecule has 0 atom stereocenters. The number of pyridine rings is 1. The van der Waals surface area contributed by atoms with E-state index in [0.717, 1.165) is 35.9 Å². The molecule has 1 aliphatic heterocycles. The van der Waals surface area contributed by atoms with Crippen LogP contribution in [0.1, 0.15) is 40.8 Å². The fraction of sp³-hybridized carbons (Fsp3) is 0.474. The highest BCUT2D eigenvalue weighted by atomic mass is 16.1. The number of carbonyl (C=O) groups is 1. The smallest absolute Gasteiger partial charge is 0.256 e. The van der Waals surface area contributed by atoms with Gasteiger partial charge in [-0.3, -0.25) is 14.2 Å². The van der Waals surface area contributed by atoms with Crippen LogP contribution in [-0.2, 0) is 19.9 Å². The molecular formula is C19H25N5O2. The van der Waals surface area contributed by atoms with Crippen LogP contribution in [0.5, 0.6) is 0 Å². The van der Waals surface area contributed by atoms with Crippen molar-refractivity contribution in [2.45, 2.75) is 33.1 Å². The summed E-state index contributed by atoms with van der Waals surface area (Å²) in [7, 11) is 1.76. The Bertz CT molecular complexity index is 857. The van der Waals surface area contributed by atoms with E-state index in [4.69, 9.17) is 0 Å². The Kier molecular flexibility index (Phi) is 5.35. The van der Waals surface area contributed by atoms with Crippen molar-refractivity contribution in [3.8, 4) is 0 Å². The minimum absolute atomic E-state index is 0.0465. The first-order valence-electron chi connectivity index (χ1n) is 9.05. The summed E-state index contributed by atoms with van der Waals surface area (Å²) >= 11 is 0. The molecule has 26 heavy (non-hydrogen) atoms. The number of anilines is 1. The molecule has 0 fully saturated rings. The number of amides is 1. The fourth-order valence-electron chi connectivity index (χ4n) is 3.15. The molecule has 0 bridgehead atoms. The van der Waals surface area contributed by atoms with Gasteiger partial charge in [0.05, 0.1) is 11.3 Å². The van der Waals surface area contributed by atoms with Crippen LogP contribution in [0.15, 0.2) is 23.1 Å². The molecule has 1 amide bonds. The molecule has 1 aliphatic rings. The van der Waals surface area contributed by atoms with Crippen LogP contribution in [-0.4, -0.2) is 40.1 Å². The summed E-state index contributed by atoms with van der Waals surface area (Å²) in [5.74, 6) is 1.46. The molecule has 0 saturated carbocycles. The van der Waals surface area contributed by atoms with Gasteiger partial charge in [-0.15, -0.1) is 0 Å². The van der Waals surface area contributed by atoms with Gasteiger partial charge in [0, 0.05) is 44.9 Å². The molecule has 7 nitrogen and oxygen atoms in total. The average Bonchev–Trinajstić information content (AvgIpc) is 2.87. The number of fused-ring (bicyclic) bond motifs is 1. The molecular weight excluding hydrogens is 330 g/mol. The second-order valence-electron chi connectivity index (χ2n) is 6.60. The van der Waals surface area contributed by atoms with Gasteiger partial charge >= 0.3 is 0 Å². The van der Waals surface area contributed by atoms with Crippen molar-refractivity contribution in [3.63, 3.8) is 0 Å². The number of nitrogens with zero attached hydrogens (tertiary/aromatic N) is 4. The third-order valence-corrected chi connectivity index (χ3v) is 4.81. The molecule has 2 aromatic heterocycles. The van der Waals surface area contributed by atoms with Crippen molar-refractivity contribution in [2.24, 2.45) is 7.05 Å². The highest BCUT2D eigenvalue weighted by molar-refractivity contribution is 5.94. The standard InChI is InChI=1S/C19H25N5O2/c1-4-9-20-18(25)14-5-6-17(21-12-14)24-10-7-15-16(8-11-24)22-13(2)23(3)19(15)26/h5-6,12H,4,7-11H2,1-3H3,(H,20,25). The maximum atomic E-state index is 12.5. The van der Waals surface area contributed by atoms with E-state index < -0.39 is 0 Å². The van der Waals surface area contributed by atoms with E-state index in [1.165, 1.54) is 0 Å². The molecule has 0 saturated heterocycles. The number of rotatable bonds is 4. The zero-order chi connectivity index (χ0) is 18.7. The first-order valence-corrected chi connectivity index (χ1v) is 9.05. The third-order valence-electron chi connectivity index (χ3n) is 4.81. The normalized spacial score (nSPS) is 13.9. The molecule has 138 valence electrons. The summed E-state index contributed by atoms with van der Waals surface area (Å²) in [6, 6.07) is 3.67. The van der Waals surface area contributed by atoms with Gasteiger partial charge in [0.15, 0.2) is 0 Å². The van der Waals surface area contributed by atoms with Gasteiger partial charge in [-0.25, -0.2) is 9.97 Å². The summed E-state index contributed by atoms with van der Waals surface area (Å²) in [5, 5.41) is 2.85. The average molecular weight is 355 g/mol. The molecule has 0 aliphatic carbocycles. The van der Waals surface area contributed by atoms with Gasteiger partial charge < -0.3 is 10.2 Å². The lowest BCUT2D eigenvalue weighted by molar-refractivity contribution is 0.0953. The minimum Gasteiger partial charge on any atom is -0.356 e. The van der Waals surface area contributed by atoms with Crippen molar-refractivity contribution >= 4 is 11.7 Å². The van der Waals surface area contributed by atoms with Crippen LogP contribution in [0.3, 0.4) is 0 Å². The van der Waals surface area contributed by atoms with E-state index in [9.17, 15) is 9.59 Å². The zero-order valence-electron chi connectivity index (χ0n) is 15.6. The molecule has 7 heteroatoms. The maximum Gasteiger partial charge on any atom is 0.256 e. The highest BCUT2D eigenvalue weighted by Crippen LogP contribution is 2.17. The molecule has 2 aromatic rings. The SMILES string of the molecule is CCCNC(=O)c1ccc(N2CCc3nc(C)n(C)c(=O)c3CC2)nc1. The first-order chi connectivity index (χ1) is 12.5. The van der Waals surface area contributed by atoms with E-state index in [2.05, 4.69) is 20.2 Å². The Morgan fingerprint density at radius 1 is 1.27 bits per heavy atom. The summed E-state index contributed by atoms with van der Waals surface area (Å²) in [6.07, 6.45) is 3.88. The molecule has 0 radical (unpaired) electrons. The van der Waals surface area contributed by atoms with Gasteiger partial charge in [-0.2, -0.15) is 0 Å². The number of carbonyl (C=O) groups excluding carboxylic acids is 1. The summed E-state index contributed by atoms with van der Waals surface area (Å²) < 4.78 is 1.61. The Labute approximate surface area is 153 Å². The van der Waals surface area contributed by atoms with Crippen LogP contribution in [0, 0.1) is 6.92 Å². The van der Waals surface area contributed by atoms with Gasteiger partial charge in [-0.05, 0) is 31.9 Å². The zero-order valence-corrected chi connectivity index (χ0v) is 15.6. The topological polar surface area (TPSA) is 80.1 Å². The number of hydrogen-bond acceptors (Lipinski definition) is 5. The number of aryl methyl sites for hydroxylation is 1. The second-order valence-corrected chi connectivity index (χ2v) is 6.60. The first kappa shape index (κ1) is 18.1. The van der Waals surface area contributed by atoms with Crippen LogP contribution in [0.2, 0.25) is 0 Å².